The van der Waals surface area contributed by atoms with Gasteiger partial charge in [0.05, 0.1) is 6.54 Å². The fourth-order valence-corrected chi connectivity index (χ4v) is 1.91. The number of guanidine groups is 1. The molecular weight excluding hydrogens is 236 g/mol. The summed E-state index contributed by atoms with van der Waals surface area (Å²) in [5.41, 5.74) is 7.18. The molecule has 0 saturated heterocycles. The third-order valence-corrected chi connectivity index (χ3v) is 3.43. The molecule has 0 aromatic heterocycles. The Balaban J connectivity index is 2.60. The van der Waals surface area contributed by atoms with E-state index in [4.69, 9.17) is 5.73 Å². The van der Waals surface area contributed by atoms with Gasteiger partial charge in [-0.05, 0) is 32.9 Å². The van der Waals surface area contributed by atoms with E-state index in [-0.39, 0.29) is 0 Å². The smallest absolute Gasteiger partial charge is 0.191 e. The van der Waals surface area contributed by atoms with E-state index in [1.807, 2.05) is 18.2 Å². The number of aliphatic imine (C=N–C) groups is 1. The first-order chi connectivity index (χ1) is 9.10. The average Bonchev–Trinajstić information content (AvgIpc) is 2.46. The third-order valence-electron chi connectivity index (χ3n) is 3.43. The summed E-state index contributed by atoms with van der Waals surface area (Å²) in [4.78, 5) is 8.78. The number of likely N-dealkylation sites (N-methyl/N-ethyl adjacent to an activating group) is 1. The number of hydrogen-bond donors (Lipinski definition) is 1. The van der Waals surface area contributed by atoms with E-state index in [1.165, 1.54) is 5.69 Å². The van der Waals surface area contributed by atoms with Crippen LogP contribution in [0.4, 0.5) is 5.69 Å². The maximum absolute atomic E-state index is 5.98. The minimum atomic E-state index is 0.316. The molecule has 1 atom stereocenters. The summed E-state index contributed by atoms with van der Waals surface area (Å²) >= 11 is 0. The van der Waals surface area contributed by atoms with Gasteiger partial charge in [-0.15, -0.1) is 0 Å². The van der Waals surface area contributed by atoms with Gasteiger partial charge in [0.2, 0.25) is 0 Å². The summed E-state index contributed by atoms with van der Waals surface area (Å²) in [6.07, 6.45) is 0. The van der Waals surface area contributed by atoms with Crippen molar-refractivity contribution in [2.45, 2.75) is 26.8 Å². The van der Waals surface area contributed by atoms with Crippen LogP contribution in [0.3, 0.4) is 0 Å². The van der Waals surface area contributed by atoms with Gasteiger partial charge in [-0.25, -0.2) is 0 Å². The second-order valence-electron chi connectivity index (χ2n) is 4.67. The average molecular weight is 262 g/mol. The maximum Gasteiger partial charge on any atom is 0.191 e. The van der Waals surface area contributed by atoms with Crippen molar-refractivity contribution in [1.82, 2.24) is 4.90 Å². The monoisotopic (exact) mass is 262 g/mol. The largest absolute Gasteiger partial charge is 0.370 e. The molecule has 1 rings (SSSR count). The lowest BCUT2D eigenvalue weighted by atomic mass is 10.2. The molecule has 0 fully saturated rings. The molecule has 0 heterocycles. The zero-order valence-electron chi connectivity index (χ0n) is 12.5. The van der Waals surface area contributed by atoms with Crippen LogP contribution in [0.2, 0.25) is 0 Å². The lowest BCUT2D eigenvalue weighted by Crippen LogP contribution is -2.39. The van der Waals surface area contributed by atoms with E-state index in [1.54, 1.807) is 0 Å². The van der Waals surface area contributed by atoms with Crippen LogP contribution in [-0.2, 0) is 0 Å². The van der Waals surface area contributed by atoms with E-state index in [2.05, 4.69) is 54.7 Å². The van der Waals surface area contributed by atoms with E-state index in [9.17, 15) is 0 Å². The van der Waals surface area contributed by atoms with Gasteiger partial charge in [0.25, 0.3) is 0 Å². The van der Waals surface area contributed by atoms with Crippen LogP contribution in [0.15, 0.2) is 35.3 Å². The van der Waals surface area contributed by atoms with Gasteiger partial charge in [-0.3, -0.25) is 4.99 Å². The summed E-state index contributed by atoms with van der Waals surface area (Å²) in [6, 6.07) is 10.6. The Morgan fingerprint density at radius 1 is 1.21 bits per heavy atom. The van der Waals surface area contributed by atoms with Crippen molar-refractivity contribution >= 4 is 11.6 Å². The van der Waals surface area contributed by atoms with Gasteiger partial charge in [0.1, 0.15) is 0 Å². The first-order valence-corrected chi connectivity index (χ1v) is 6.92. The second-order valence-corrected chi connectivity index (χ2v) is 4.67. The van der Waals surface area contributed by atoms with Crippen LogP contribution >= 0.6 is 0 Å². The molecule has 1 unspecified atom stereocenters. The normalized spacial score (nSPS) is 13.2. The van der Waals surface area contributed by atoms with Crippen LogP contribution in [0.25, 0.3) is 0 Å². The van der Waals surface area contributed by atoms with Crippen LogP contribution in [-0.4, -0.2) is 43.6 Å². The number of rotatable bonds is 6. The van der Waals surface area contributed by atoms with Crippen molar-refractivity contribution < 1.29 is 0 Å². The van der Waals surface area contributed by atoms with Gasteiger partial charge < -0.3 is 15.5 Å². The summed E-state index contributed by atoms with van der Waals surface area (Å²) < 4.78 is 0. The van der Waals surface area contributed by atoms with Crippen molar-refractivity contribution in [2.75, 3.05) is 31.6 Å². The van der Waals surface area contributed by atoms with Crippen molar-refractivity contribution in [3.63, 3.8) is 0 Å². The topological polar surface area (TPSA) is 44.9 Å². The Kier molecular flexibility index (Phi) is 6.19. The van der Waals surface area contributed by atoms with Crippen molar-refractivity contribution in [3.05, 3.63) is 30.3 Å². The summed E-state index contributed by atoms with van der Waals surface area (Å²) in [5, 5.41) is 0. The molecule has 1 aromatic carbocycles. The summed E-state index contributed by atoms with van der Waals surface area (Å²) in [6.45, 7) is 8.83. The predicted molar refractivity (Wildman–Crippen MR) is 83.7 cm³/mol. The van der Waals surface area contributed by atoms with Crippen molar-refractivity contribution in [3.8, 4) is 0 Å². The summed E-state index contributed by atoms with van der Waals surface area (Å²) in [5.74, 6) is 0.637. The molecule has 0 spiro atoms. The van der Waals surface area contributed by atoms with Crippen molar-refractivity contribution in [1.29, 1.82) is 0 Å². The fourth-order valence-electron chi connectivity index (χ4n) is 1.91. The molecule has 0 amide bonds. The quantitative estimate of drug-likeness (QED) is 0.631. The van der Waals surface area contributed by atoms with Gasteiger partial charge in [0, 0.05) is 31.9 Å². The van der Waals surface area contributed by atoms with Gasteiger partial charge in [-0.2, -0.15) is 0 Å². The second kappa shape index (κ2) is 7.67. The minimum Gasteiger partial charge on any atom is -0.370 e. The minimum absolute atomic E-state index is 0.316. The molecule has 1 aromatic rings. The highest BCUT2D eigenvalue weighted by atomic mass is 15.2. The molecule has 0 saturated carbocycles. The Labute approximate surface area is 116 Å². The number of nitrogens with two attached hydrogens (primary N) is 1. The first kappa shape index (κ1) is 15.3. The van der Waals surface area contributed by atoms with Crippen LogP contribution in [0, 0.1) is 0 Å². The fraction of sp³-hybridized carbons (Fsp3) is 0.533. The molecule has 106 valence electrons. The highest BCUT2D eigenvalue weighted by Crippen LogP contribution is 2.14. The Hall–Kier alpha value is -1.71. The lowest BCUT2D eigenvalue weighted by Gasteiger charge is -2.26. The lowest BCUT2D eigenvalue weighted by molar-refractivity contribution is 0.457. The molecule has 2 N–H and O–H groups in total. The van der Waals surface area contributed by atoms with Crippen LogP contribution in [0.5, 0.6) is 0 Å². The molecule has 0 aliphatic rings. The maximum atomic E-state index is 5.98. The highest BCUT2D eigenvalue weighted by Gasteiger charge is 2.10. The van der Waals surface area contributed by atoms with Gasteiger partial charge in [-0.1, -0.05) is 18.2 Å². The molecule has 4 heteroatoms. The Bertz CT molecular complexity index is 384. The zero-order chi connectivity index (χ0) is 14.3. The van der Waals surface area contributed by atoms with Gasteiger partial charge in [0.15, 0.2) is 5.96 Å². The molecule has 0 bridgehead atoms. The third kappa shape index (κ3) is 4.47. The molecular formula is C15H26N4. The number of para-hydroxylation sites is 1. The van der Waals surface area contributed by atoms with E-state index >= 15 is 0 Å². The van der Waals surface area contributed by atoms with Crippen LogP contribution in [0.1, 0.15) is 20.8 Å². The van der Waals surface area contributed by atoms with E-state index < -0.39 is 0 Å². The Morgan fingerprint density at radius 3 is 2.32 bits per heavy atom. The van der Waals surface area contributed by atoms with Crippen molar-refractivity contribution in [2.24, 2.45) is 10.7 Å². The molecule has 0 radical (unpaired) electrons. The molecule has 0 aliphatic heterocycles. The molecule has 19 heavy (non-hydrogen) atoms. The highest BCUT2D eigenvalue weighted by molar-refractivity contribution is 5.78. The van der Waals surface area contributed by atoms with Gasteiger partial charge >= 0.3 is 0 Å². The predicted octanol–water partition coefficient (Wildman–Crippen LogP) is 2.17. The standard InChI is InChI=1S/C15H26N4/c1-5-19(6-2)15(16)17-12-13(3)18(4)14-10-8-7-9-11-14/h7-11,13H,5-6,12H2,1-4H3,(H2,16,17). The van der Waals surface area contributed by atoms with Crippen LogP contribution < -0.4 is 10.6 Å². The summed E-state index contributed by atoms with van der Waals surface area (Å²) in [7, 11) is 2.09. The molecule has 0 aliphatic carbocycles. The van der Waals surface area contributed by atoms with E-state index in [0.717, 1.165) is 13.1 Å². The number of hydrogen-bond acceptors (Lipinski definition) is 2. The number of benzene rings is 1. The SMILES string of the molecule is CCN(CC)C(N)=NCC(C)N(C)c1ccccc1. The number of anilines is 1. The van der Waals surface area contributed by atoms with E-state index in [0.29, 0.717) is 18.5 Å². The Morgan fingerprint density at radius 2 is 1.79 bits per heavy atom. The zero-order valence-corrected chi connectivity index (χ0v) is 12.5. The molecule has 4 nitrogen and oxygen atoms in total. The number of nitrogens with zero attached hydrogens (tertiary/aromatic N) is 3. The first-order valence-electron chi connectivity index (χ1n) is 6.92.